The second-order valence-electron chi connectivity index (χ2n) is 12.6. The quantitative estimate of drug-likeness (QED) is 0.355. The van der Waals surface area contributed by atoms with Crippen LogP contribution in [0.25, 0.3) is 22.3 Å². The molecule has 2 aromatic carbocycles. The summed E-state index contributed by atoms with van der Waals surface area (Å²) in [6.07, 6.45) is 9.92. The minimum Gasteiger partial charge on any atom is -0.341 e. The van der Waals surface area contributed by atoms with Gasteiger partial charge in [0.25, 0.3) is 0 Å². The number of nitrogens with one attached hydrogen (secondary N) is 2. The van der Waals surface area contributed by atoms with Gasteiger partial charge in [0.05, 0.1) is 35.0 Å². The van der Waals surface area contributed by atoms with E-state index in [1.54, 1.807) is 0 Å². The summed E-state index contributed by atoms with van der Waals surface area (Å²) in [4.78, 5) is 21.8. The highest BCUT2D eigenvalue weighted by Crippen LogP contribution is 2.58. The maximum atomic E-state index is 4.92. The normalized spacial score (nSPS) is 25.3. The fourth-order valence-electron chi connectivity index (χ4n) is 7.02. The molecule has 38 heavy (non-hydrogen) atoms. The van der Waals surface area contributed by atoms with Gasteiger partial charge in [0.15, 0.2) is 0 Å². The summed E-state index contributed by atoms with van der Waals surface area (Å²) in [6, 6.07) is 15.6. The molecule has 2 saturated heterocycles. The maximum Gasteiger partial charge on any atom is 0.124 e. The van der Waals surface area contributed by atoms with Crippen molar-refractivity contribution in [1.82, 2.24) is 29.7 Å². The number of benzene rings is 2. The summed E-state index contributed by atoms with van der Waals surface area (Å²) in [6.45, 7) is 2.40. The van der Waals surface area contributed by atoms with E-state index >= 15 is 0 Å². The standard InChI is InChI=1S/C32H34N6/c1-37-19-31(11-12-31)16-27(37)29-33-18-26(36-29)23-8-5-21(6-9-23)3-4-22-7-10-24-25(15-22)35-30(34-24)28-17-32(13-14-32)20-38(28)2/h5-10,15,18,27-28H,11-14,16-17,19-20H2,1-2H3,(H,33,36)(H,34,35)/t27-,28-/m0/s1. The second kappa shape index (κ2) is 8.05. The lowest BCUT2D eigenvalue weighted by Crippen LogP contribution is -2.19. The first-order valence-corrected chi connectivity index (χ1v) is 14.0. The first-order chi connectivity index (χ1) is 18.5. The zero-order chi connectivity index (χ0) is 25.5. The number of hydrogen-bond donors (Lipinski definition) is 2. The molecule has 2 atom stereocenters. The number of likely N-dealkylation sites (tertiary alicyclic amines) is 2. The Morgan fingerprint density at radius 3 is 2.08 bits per heavy atom. The van der Waals surface area contributed by atoms with E-state index in [1.807, 2.05) is 6.20 Å². The lowest BCUT2D eigenvalue weighted by molar-refractivity contribution is 0.303. The molecule has 2 aliphatic carbocycles. The summed E-state index contributed by atoms with van der Waals surface area (Å²) in [7, 11) is 4.46. The van der Waals surface area contributed by atoms with Gasteiger partial charge in [0.1, 0.15) is 11.6 Å². The van der Waals surface area contributed by atoms with Gasteiger partial charge in [0.2, 0.25) is 0 Å². The van der Waals surface area contributed by atoms with E-state index in [1.165, 1.54) is 51.6 Å². The lowest BCUT2D eigenvalue weighted by atomic mass is 10.0. The van der Waals surface area contributed by atoms with Crippen molar-refractivity contribution >= 4 is 11.0 Å². The van der Waals surface area contributed by atoms with E-state index in [4.69, 9.17) is 9.97 Å². The number of aromatic amines is 2. The summed E-state index contributed by atoms with van der Waals surface area (Å²) in [5, 5.41) is 0. The van der Waals surface area contributed by atoms with Crippen molar-refractivity contribution in [2.45, 2.75) is 50.6 Å². The third kappa shape index (κ3) is 3.88. The zero-order valence-electron chi connectivity index (χ0n) is 22.2. The average molecular weight is 503 g/mol. The van der Waals surface area contributed by atoms with Crippen molar-refractivity contribution < 1.29 is 0 Å². The predicted molar refractivity (Wildman–Crippen MR) is 149 cm³/mol. The Labute approximate surface area is 223 Å². The topological polar surface area (TPSA) is 63.8 Å². The molecule has 6 heteroatoms. The van der Waals surface area contributed by atoms with Gasteiger partial charge in [-0.25, -0.2) is 9.97 Å². The van der Waals surface area contributed by atoms with Crippen LogP contribution in [0.2, 0.25) is 0 Å². The van der Waals surface area contributed by atoms with Crippen LogP contribution in [0.15, 0.2) is 48.7 Å². The highest BCUT2D eigenvalue weighted by atomic mass is 15.2. The molecule has 4 heterocycles. The van der Waals surface area contributed by atoms with Gasteiger partial charge in [-0.2, -0.15) is 0 Å². The largest absolute Gasteiger partial charge is 0.341 e. The van der Waals surface area contributed by atoms with Gasteiger partial charge in [-0.05, 0) is 99.3 Å². The second-order valence-corrected chi connectivity index (χ2v) is 12.6. The molecule has 2 aromatic heterocycles. The van der Waals surface area contributed by atoms with Crippen LogP contribution in [0, 0.1) is 22.7 Å². The van der Waals surface area contributed by atoms with Crippen LogP contribution >= 0.6 is 0 Å². The van der Waals surface area contributed by atoms with Gasteiger partial charge < -0.3 is 9.97 Å². The van der Waals surface area contributed by atoms with Gasteiger partial charge >= 0.3 is 0 Å². The highest BCUT2D eigenvalue weighted by molar-refractivity contribution is 5.77. The van der Waals surface area contributed by atoms with Crippen LogP contribution in [0.1, 0.15) is 73.4 Å². The lowest BCUT2D eigenvalue weighted by Gasteiger charge is -2.16. The molecule has 2 N–H and O–H groups in total. The minimum atomic E-state index is 0.401. The number of nitrogens with zero attached hydrogens (tertiary/aromatic N) is 4. The molecule has 8 rings (SSSR count). The van der Waals surface area contributed by atoms with Gasteiger partial charge in [-0.1, -0.05) is 24.0 Å². The number of fused-ring (bicyclic) bond motifs is 1. The van der Waals surface area contributed by atoms with Gasteiger partial charge in [0, 0.05) is 24.2 Å². The Bertz CT molecular complexity index is 1590. The number of H-pyrrole nitrogens is 2. The van der Waals surface area contributed by atoms with E-state index < -0.39 is 0 Å². The van der Waals surface area contributed by atoms with Crippen LogP contribution in [0.5, 0.6) is 0 Å². The van der Waals surface area contributed by atoms with Crippen molar-refractivity contribution in [2.24, 2.45) is 10.8 Å². The molecule has 0 radical (unpaired) electrons. The van der Waals surface area contributed by atoms with E-state index in [0.717, 1.165) is 45.1 Å². The minimum absolute atomic E-state index is 0.401. The van der Waals surface area contributed by atoms with Crippen LogP contribution in [0.3, 0.4) is 0 Å². The number of aromatic nitrogens is 4. The van der Waals surface area contributed by atoms with Crippen molar-refractivity contribution in [3.8, 4) is 23.1 Å². The van der Waals surface area contributed by atoms with Gasteiger partial charge in [-0.3, -0.25) is 9.80 Å². The molecule has 0 unspecified atom stereocenters. The fourth-order valence-corrected chi connectivity index (χ4v) is 7.02. The fraction of sp³-hybridized carbons (Fsp3) is 0.438. The van der Waals surface area contributed by atoms with Crippen molar-refractivity contribution in [2.75, 3.05) is 27.2 Å². The molecule has 2 aliphatic heterocycles. The van der Waals surface area contributed by atoms with Crippen molar-refractivity contribution in [1.29, 1.82) is 0 Å². The first kappa shape index (κ1) is 22.6. The Morgan fingerprint density at radius 1 is 0.789 bits per heavy atom. The SMILES string of the molecule is CN1CC2(CC2)C[C@H]1c1ncc(-c2ccc(C#Cc3ccc4nc([C@@H]5CC6(CC6)CN5C)[nH]c4c3)cc2)[nH]1. The molecule has 2 spiro atoms. The number of imidazole rings is 2. The molecule has 4 fully saturated rings. The van der Waals surface area contributed by atoms with Gasteiger partial charge in [-0.15, -0.1) is 0 Å². The molecule has 2 saturated carbocycles. The Kier molecular flexibility index (Phi) is 4.78. The third-order valence-corrected chi connectivity index (χ3v) is 9.67. The Balaban J connectivity index is 0.976. The van der Waals surface area contributed by atoms with Crippen LogP contribution in [0.4, 0.5) is 0 Å². The molecular formula is C32H34N6. The number of hydrogen-bond acceptors (Lipinski definition) is 4. The molecule has 4 aromatic rings. The first-order valence-electron chi connectivity index (χ1n) is 14.0. The predicted octanol–water partition coefficient (Wildman–Crippen LogP) is 5.67. The van der Waals surface area contributed by atoms with E-state index in [0.29, 0.717) is 22.9 Å². The Morgan fingerprint density at radius 2 is 1.42 bits per heavy atom. The summed E-state index contributed by atoms with van der Waals surface area (Å²) < 4.78 is 0. The third-order valence-electron chi connectivity index (χ3n) is 9.67. The van der Waals surface area contributed by atoms with Crippen LogP contribution in [-0.4, -0.2) is 56.9 Å². The smallest absolute Gasteiger partial charge is 0.124 e. The molecule has 6 nitrogen and oxygen atoms in total. The average Bonchev–Trinajstić information content (AvgIpc) is 3.57. The molecule has 0 bridgehead atoms. The van der Waals surface area contributed by atoms with E-state index in [2.05, 4.69) is 88.2 Å². The van der Waals surface area contributed by atoms with Crippen LogP contribution in [-0.2, 0) is 0 Å². The molecule has 4 aliphatic rings. The van der Waals surface area contributed by atoms with E-state index in [-0.39, 0.29) is 0 Å². The van der Waals surface area contributed by atoms with E-state index in [9.17, 15) is 0 Å². The van der Waals surface area contributed by atoms with Crippen molar-refractivity contribution in [3.63, 3.8) is 0 Å². The maximum absolute atomic E-state index is 4.92. The monoisotopic (exact) mass is 502 g/mol. The Hall–Kier alpha value is -3.40. The van der Waals surface area contributed by atoms with Crippen LogP contribution < -0.4 is 0 Å². The molecule has 192 valence electrons. The summed E-state index contributed by atoms with van der Waals surface area (Å²) >= 11 is 0. The summed E-state index contributed by atoms with van der Waals surface area (Å²) in [5.74, 6) is 8.88. The summed E-state index contributed by atoms with van der Waals surface area (Å²) in [5.41, 5.74) is 7.46. The zero-order valence-corrected chi connectivity index (χ0v) is 22.2. The highest BCUT2D eigenvalue weighted by Gasteiger charge is 2.52. The van der Waals surface area contributed by atoms with Crippen molar-refractivity contribution in [3.05, 3.63) is 71.4 Å². The molecular weight excluding hydrogens is 468 g/mol. The number of rotatable bonds is 3. The molecule has 0 amide bonds.